The predicted octanol–water partition coefficient (Wildman–Crippen LogP) is 7.32. The molecule has 0 aromatic heterocycles. The smallest absolute Gasteiger partial charge is 0.261 e. The normalized spacial score (nSPS) is 17.6. The molecule has 1 amide bonds. The average molecular weight is 566 g/mol. The number of hydrazine groups is 1. The summed E-state index contributed by atoms with van der Waals surface area (Å²) in [5, 5.41) is 1.64. The lowest BCUT2D eigenvalue weighted by Crippen LogP contribution is -2.35. The van der Waals surface area contributed by atoms with Gasteiger partial charge in [0.05, 0.1) is 23.5 Å². The van der Waals surface area contributed by atoms with Crippen molar-refractivity contribution in [3.8, 4) is 0 Å². The van der Waals surface area contributed by atoms with Gasteiger partial charge in [-0.25, -0.2) is 5.84 Å². The number of hydrogen-bond acceptors (Lipinski definition) is 6. The van der Waals surface area contributed by atoms with E-state index in [0.717, 1.165) is 47.6 Å². The third-order valence-corrected chi connectivity index (χ3v) is 8.10. The Labute approximate surface area is 249 Å². The van der Waals surface area contributed by atoms with Gasteiger partial charge in [0.25, 0.3) is 5.91 Å². The van der Waals surface area contributed by atoms with E-state index in [9.17, 15) is 4.79 Å². The monoisotopic (exact) mass is 565 g/mol. The number of anilines is 2. The van der Waals surface area contributed by atoms with E-state index in [-0.39, 0.29) is 23.3 Å². The second-order valence-electron chi connectivity index (χ2n) is 12.4. The first kappa shape index (κ1) is 34.3. The molecule has 0 radical (unpaired) electrons. The van der Waals surface area contributed by atoms with Crippen LogP contribution in [0.4, 0.5) is 11.4 Å². The summed E-state index contributed by atoms with van der Waals surface area (Å²) in [4.78, 5) is 22.9. The van der Waals surface area contributed by atoms with Crippen LogP contribution in [0.25, 0.3) is 0 Å². The molecule has 228 valence electrons. The number of rotatable bonds is 13. The fourth-order valence-corrected chi connectivity index (χ4v) is 4.59. The quantitative estimate of drug-likeness (QED) is 0.154. The van der Waals surface area contributed by atoms with E-state index in [2.05, 4.69) is 85.8 Å². The highest BCUT2D eigenvalue weighted by molar-refractivity contribution is 6.19. The molecular weight excluding hydrogens is 510 g/mol. The van der Waals surface area contributed by atoms with Crippen molar-refractivity contribution in [2.75, 3.05) is 36.7 Å². The molecule has 0 spiro atoms. The van der Waals surface area contributed by atoms with Crippen LogP contribution < -0.4 is 15.8 Å². The molecular formula is C34H55N5O2. The van der Waals surface area contributed by atoms with Crippen LogP contribution in [-0.4, -0.2) is 49.4 Å². The molecule has 3 unspecified atom stereocenters. The van der Waals surface area contributed by atoms with E-state index < -0.39 is 0 Å². The van der Waals surface area contributed by atoms with Gasteiger partial charge in [0.2, 0.25) is 0 Å². The van der Waals surface area contributed by atoms with E-state index >= 15 is 0 Å². The molecule has 0 bridgehead atoms. The van der Waals surface area contributed by atoms with E-state index in [1.54, 1.807) is 11.2 Å². The molecule has 0 fully saturated rings. The van der Waals surface area contributed by atoms with Crippen LogP contribution in [0.5, 0.6) is 0 Å². The van der Waals surface area contributed by atoms with Crippen molar-refractivity contribution in [2.45, 2.75) is 87.2 Å². The minimum absolute atomic E-state index is 0.0551. The Morgan fingerprint density at radius 1 is 1.12 bits per heavy atom. The van der Waals surface area contributed by atoms with Crippen LogP contribution in [0.2, 0.25) is 0 Å². The first-order valence-corrected chi connectivity index (χ1v) is 15.2. The van der Waals surface area contributed by atoms with Gasteiger partial charge < -0.3 is 14.5 Å². The Hall–Kier alpha value is -2.90. The van der Waals surface area contributed by atoms with Crippen molar-refractivity contribution in [1.82, 2.24) is 4.90 Å². The number of aliphatic imine (C=N–C) groups is 1. The van der Waals surface area contributed by atoms with Gasteiger partial charge in [-0.2, -0.15) is 0 Å². The number of allylic oxidation sites excluding steroid dienone is 2. The number of nitrogens with zero attached hydrogens (tertiary/aromatic N) is 4. The van der Waals surface area contributed by atoms with Crippen molar-refractivity contribution < 1.29 is 9.53 Å². The summed E-state index contributed by atoms with van der Waals surface area (Å²) < 4.78 is 6.09. The van der Waals surface area contributed by atoms with E-state index in [1.807, 2.05) is 35.4 Å². The molecule has 1 heterocycles. The van der Waals surface area contributed by atoms with E-state index in [4.69, 9.17) is 10.6 Å². The number of ether oxygens (including phenoxy) is 1. The molecule has 2 rings (SSSR count). The summed E-state index contributed by atoms with van der Waals surface area (Å²) in [6.07, 6.45) is 6.57. The van der Waals surface area contributed by atoms with Crippen LogP contribution in [0.1, 0.15) is 81.6 Å². The Morgan fingerprint density at radius 2 is 1.78 bits per heavy atom. The molecule has 1 aromatic rings. The van der Waals surface area contributed by atoms with E-state index in [1.165, 1.54) is 0 Å². The third-order valence-electron chi connectivity index (χ3n) is 8.10. The summed E-state index contributed by atoms with van der Waals surface area (Å²) in [6, 6.07) is 7.87. The highest BCUT2D eigenvalue weighted by Gasteiger charge is 2.30. The summed E-state index contributed by atoms with van der Waals surface area (Å²) in [7, 11) is 2.06. The molecule has 0 saturated heterocycles. The number of carbonyl (C=O) groups excluding carboxylic acids is 1. The Bertz CT molecular complexity index is 1130. The molecule has 0 aliphatic carbocycles. The van der Waals surface area contributed by atoms with Gasteiger partial charge >= 0.3 is 0 Å². The lowest BCUT2D eigenvalue weighted by molar-refractivity contribution is -0.114. The number of hydrogen-bond donors (Lipinski definition) is 1. The number of carbonyl (C=O) groups is 1. The van der Waals surface area contributed by atoms with Gasteiger partial charge in [-0.1, -0.05) is 54.2 Å². The standard InChI is InChI=1S/C34H55N5O2/c1-12-24(4)27(7)36-21-31-32(26(6)14-3)37(11)18-19-38(33(31)40)29-16-15-17-30(20-29)39(35)22-28(25(5)13-2)23-41-34(8,9)10/h15-17,20-22,24-26H,7,12-14,18-19,23,35H2,1-6,8-11H3/b28-22-,36-21?. The summed E-state index contributed by atoms with van der Waals surface area (Å²) in [5.41, 5.74) is 4.93. The van der Waals surface area contributed by atoms with Crippen LogP contribution in [0.15, 0.2) is 64.6 Å². The molecule has 1 aromatic carbocycles. The van der Waals surface area contributed by atoms with Crippen molar-refractivity contribution in [2.24, 2.45) is 28.6 Å². The van der Waals surface area contributed by atoms with Crippen LogP contribution >= 0.6 is 0 Å². The number of amides is 1. The van der Waals surface area contributed by atoms with Gasteiger partial charge in [-0.15, -0.1) is 0 Å². The summed E-state index contributed by atoms with van der Waals surface area (Å²) in [6.45, 7) is 25.0. The number of likely N-dealkylation sites (N-methyl/N-ethyl adjacent to an activating group) is 1. The zero-order chi connectivity index (χ0) is 30.9. The topological polar surface area (TPSA) is 74.4 Å². The fraction of sp³-hybridized carbons (Fsp3) is 0.588. The minimum atomic E-state index is -0.240. The molecule has 1 aliphatic rings. The Morgan fingerprint density at radius 3 is 2.37 bits per heavy atom. The van der Waals surface area contributed by atoms with E-state index in [0.29, 0.717) is 31.2 Å². The van der Waals surface area contributed by atoms with Crippen molar-refractivity contribution >= 4 is 23.5 Å². The lowest BCUT2D eigenvalue weighted by Gasteiger charge is -2.26. The number of nitrogens with two attached hydrogens (primary N) is 1. The first-order valence-electron chi connectivity index (χ1n) is 15.2. The molecule has 1 aliphatic heterocycles. The van der Waals surface area contributed by atoms with Crippen LogP contribution in [-0.2, 0) is 9.53 Å². The second kappa shape index (κ2) is 15.4. The first-order chi connectivity index (χ1) is 19.2. The van der Waals surface area contributed by atoms with Crippen molar-refractivity contribution in [1.29, 1.82) is 0 Å². The van der Waals surface area contributed by atoms with Crippen LogP contribution in [0.3, 0.4) is 0 Å². The maximum Gasteiger partial charge on any atom is 0.261 e. The van der Waals surface area contributed by atoms with Gasteiger partial charge in [-0.3, -0.25) is 14.8 Å². The van der Waals surface area contributed by atoms with Crippen molar-refractivity contribution in [3.63, 3.8) is 0 Å². The third kappa shape index (κ3) is 9.57. The Kier molecular flexibility index (Phi) is 12.9. The summed E-state index contributed by atoms with van der Waals surface area (Å²) >= 11 is 0. The summed E-state index contributed by atoms with van der Waals surface area (Å²) in [5.74, 6) is 7.33. The Balaban J connectivity index is 2.49. The largest absolute Gasteiger partial charge is 0.375 e. The zero-order valence-electron chi connectivity index (χ0n) is 27.3. The molecule has 41 heavy (non-hydrogen) atoms. The van der Waals surface area contributed by atoms with Gasteiger partial charge in [0.1, 0.15) is 0 Å². The lowest BCUT2D eigenvalue weighted by atomic mass is 9.98. The molecule has 3 atom stereocenters. The van der Waals surface area contributed by atoms with Gasteiger partial charge in [0.15, 0.2) is 0 Å². The van der Waals surface area contributed by atoms with Gasteiger partial charge in [-0.05, 0) is 81.6 Å². The van der Waals surface area contributed by atoms with Gasteiger partial charge in [0, 0.05) is 49.6 Å². The molecule has 7 heteroatoms. The predicted molar refractivity (Wildman–Crippen MR) is 175 cm³/mol. The number of benzene rings is 1. The second-order valence-corrected chi connectivity index (χ2v) is 12.4. The average Bonchev–Trinajstić information content (AvgIpc) is 3.07. The minimum Gasteiger partial charge on any atom is -0.375 e. The zero-order valence-corrected chi connectivity index (χ0v) is 27.3. The SMILES string of the molecule is C=C(N=CC1=C(C(C)CC)N(C)CCN(c2cccc(N(N)/C=C(/COC(C)(C)C)C(C)CC)c2)C1=O)C(C)CC. The highest BCUT2D eigenvalue weighted by Crippen LogP contribution is 2.30. The van der Waals surface area contributed by atoms with Crippen LogP contribution in [0, 0.1) is 17.8 Å². The highest BCUT2D eigenvalue weighted by atomic mass is 16.5. The van der Waals surface area contributed by atoms with Crippen molar-refractivity contribution in [3.05, 3.63) is 59.6 Å². The molecule has 2 N–H and O–H groups in total. The molecule has 7 nitrogen and oxygen atoms in total. The maximum atomic E-state index is 14.2. The fourth-order valence-electron chi connectivity index (χ4n) is 4.59. The molecule has 0 saturated carbocycles. The maximum absolute atomic E-state index is 14.2.